The van der Waals surface area contributed by atoms with Crippen molar-refractivity contribution in [2.45, 2.75) is 13.3 Å². The van der Waals surface area contributed by atoms with Crippen molar-refractivity contribution >= 4 is 12.1 Å². The second kappa shape index (κ2) is 8.04. The van der Waals surface area contributed by atoms with E-state index in [-0.39, 0.29) is 12.0 Å². The van der Waals surface area contributed by atoms with Gasteiger partial charge in [-0.05, 0) is 19.1 Å². The van der Waals surface area contributed by atoms with Crippen molar-refractivity contribution in [3.05, 3.63) is 39.3 Å². The lowest BCUT2D eigenvalue weighted by molar-refractivity contribution is -0.120. The van der Waals surface area contributed by atoms with Gasteiger partial charge in [-0.1, -0.05) is 0 Å². The number of aromatic amines is 2. The second-order valence-electron chi connectivity index (χ2n) is 5.08. The molecule has 3 N–H and O–H groups in total. The summed E-state index contributed by atoms with van der Waals surface area (Å²) in [6.45, 7) is 1.71. The molecule has 0 spiro atoms. The molecule has 0 fully saturated rings. The molecule has 1 aromatic carbocycles. The average molecular weight is 348 g/mol. The standard InChI is InChI=1S/C16H20N4O5/c1-9-11(16(22)20-18-9)7-13(21)19-17-8-10-5-6-12(23-2)15(25-4)14(10)24-3/h5-6,8H,7H2,1-4H3,(H,19,21)(H2,18,20,22). The molecular weight excluding hydrogens is 328 g/mol. The van der Waals surface area contributed by atoms with Crippen LogP contribution in [0.15, 0.2) is 22.0 Å². The first kappa shape index (κ1) is 18.1. The molecule has 9 nitrogen and oxygen atoms in total. The first-order chi connectivity index (χ1) is 12.0. The Hall–Kier alpha value is -3.23. The molecule has 2 rings (SSSR count). The largest absolute Gasteiger partial charge is 0.493 e. The van der Waals surface area contributed by atoms with Gasteiger partial charge >= 0.3 is 0 Å². The van der Waals surface area contributed by atoms with Crippen molar-refractivity contribution in [3.8, 4) is 17.2 Å². The van der Waals surface area contributed by atoms with Gasteiger partial charge in [-0.15, -0.1) is 0 Å². The van der Waals surface area contributed by atoms with Crippen LogP contribution in [0.3, 0.4) is 0 Å². The number of carbonyl (C=O) groups excluding carboxylic acids is 1. The summed E-state index contributed by atoms with van der Waals surface area (Å²) >= 11 is 0. The normalized spacial score (nSPS) is 10.7. The van der Waals surface area contributed by atoms with E-state index in [4.69, 9.17) is 14.2 Å². The fraction of sp³-hybridized carbons (Fsp3) is 0.312. The fourth-order valence-corrected chi connectivity index (χ4v) is 2.28. The van der Waals surface area contributed by atoms with Gasteiger partial charge in [0.25, 0.3) is 5.56 Å². The molecule has 0 aliphatic heterocycles. The van der Waals surface area contributed by atoms with Crippen molar-refractivity contribution < 1.29 is 19.0 Å². The minimum atomic E-state index is -0.413. The quantitative estimate of drug-likeness (QED) is 0.504. The Balaban J connectivity index is 2.11. The number of aromatic nitrogens is 2. The fourth-order valence-electron chi connectivity index (χ4n) is 2.28. The summed E-state index contributed by atoms with van der Waals surface area (Å²) in [5, 5.41) is 8.98. The molecule has 0 unspecified atom stereocenters. The molecule has 2 aromatic rings. The van der Waals surface area contributed by atoms with Crippen molar-refractivity contribution in [1.29, 1.82) is 0 Å². The van der Waals surface area contributed by atoms with E-state index in [1.165, 1.54) is 27.5 Å². The first-order valence-electron chi connectivity index (χ1n) is 7.38. The van der Waals surface area contributed by atoms with Crippen LogP contribution in [0.25, 0.3) is 0 Å². The number of hydrogen-bond donors (Lipinski definition) is 3. The molecule has 0 aliphatic rings. The maximum atomic E-state index is 11.9. The van der Waals surface area contributed by atoms with Crippen LogP contribution in [-0.2, 0) is 11.2 Å². The third kappa shape index (κ3) is 4.00. The highest BCUT2D eigenvalue weighted by molar-refractivity contribution is 5.87. The number of H-pyrrole nitrogens is 2. The van der Waals surface area contributed by atoms with E-state index in [1.807, 2.05) is 0 Å². The lowest BCUT2D eigenvalue weighted by atomic mass is 10.2. The molecule has 134 valence electrons. The van der Waals surface area contributed by atoms with E-state index in [2.05, 4.69) is 20.7 Å². The Bertz CT molecular complexity index is 838. The molecule has 0 bridgehead atoms. The Morgan fingerprint density at radius 2 is 1.88 bits per heavy atom. The molecule has 0 atom stereocenters. The summed E-state index contributed by atoms with van der Waals surface area (Å²) in [7, 11) is 4.52. The molecule has 9 heteroatoms. The van der Waals surface area contributed by atoms with Crippen molar-refractivity contribution in [2.75, 3.05) is 21.3 Å². The number of methoxy groups -OCH3 is 3. The summed E-state index contributed by atoms with van der Waals surface area (Å²) in [5.74, 6) is 0.958. The van der Waals surface area contributed by atoms with Gasteiger partial charge in [-0.25, -0.2) is 5.43 Å². The Labute approximate surface area is 144 Å². The van der Waals surface area contributed by atoms with Crippen LogP contribution >= 0.6 is 0 Å². The molecule has 0 radical (unpaired) electrons. The zero-order chi connectivity index (χ0) is 18.4. The lowest BCUT2D eigenvalue weighted by Crippen LogP contribution is -2.23. The maximum Gasteiger partial charge on any atom is 0.267 e. The summed E-state index contributed by atoms with van der Waals surface area (Å²) in [6, 6.07) is 3.42. The predicted molar refractivity (Wildman–Crippen MR) is 91.7 cm³/mol. The molecule has 1 amide bonds. The molecular formula is C16H20N4O5. The maximum absolute atomic E-state index is 11.9. The van der Waals surface area contributed by atoms with Gasteiger partial charge in [0.15, 0.2) is 11.5 Å². The molecule has 1 aromatic heterocycles. The van der Waals surface area contributed by atoms with Crippen LogP contribution in [0.5, 0.6) is 17.2 Å². The minimum absolute atomic E-state index is 0.0783. The van der Waals surface area contributed by atoms with Gasteiger partial charge in [0.1, 0.15) is 0 Å². The highest BCUT2D eigenvalue weighted by atomic mass is 16.5. The number of hydrogen-bond acceptors (Lipinski definition) is 6. The number of aryl methyl sites for hydroxylation is 1. The number of ether oxygens (including phenoxy) is 3. The summed E-state index contributed by atoms with van der Waals surface area (Å²) in [5.41, 5.74) is 3.64. The summed E-state index contributed by atoms with van der Waals surface area (Å²) < 4.78 is 15.8. The van der Waals surface area contributed by atoms with Gasteiger partial charge < -0.3 is 19.3 Å². The highest BCUT2D eigenvalue weighted by Crippen LogP contribution is 2.38. The Kier molecular flexibility index (Phi) is 5.83. The molecule has 1 heterocycles. The van der Waals surface area contributed by atoms with Gasteiger partial charge in [0.2, 0.25) is 11.7 Å². The SMILES string of the molecule is COc1ccc(C=NNC(=O)Cc2c(C)[nH][nH]c2=O)c(OC)c1OC. The number of amides is 1. The minimum Gasteiger partial charge on any atom is -0.493 e. The second-order valence-corrected chi connectivity index (χ2v) is 5.08. The van der Waals surface area contributed by atoms with Gasteiger partial charge in [-0.3, -0.25) is 14.7 Å². The molecule has 25 heavy (non-hydrogen) atoms. The monoisotopic (exact) mass is 348 g/mol. The zero-order valence-electron chi connectivity index (χ0n) is 14.4. The van der Waals surface area contributed by atoms with Gasteiger partial charge in [0, 0.05) is 16.8 Å². The van der Waals surface area contributed by atoms with Crippen molar-refractivity contribution in [1.82, 2.24) is 15.6 Å². The summed E-state index contributed by atoms with van der Waals surface area (Å²) in [4.78, 5) is 23.5. The smallest absolute Gasteiger partial charge is 0.267 e. The number of nitrogens with one attached hydrogen (secondary N) is 3. The van der Waals surface area contributed by atoms with E-state index >= 15 is 0 Å². The van der Waals surface area contributed by atoms with Crippen LogP contribution in [-0.4, -0.2) is 43.6 Å². The Morgan fingerprint density at radius 1 is 1.16 bits per heavy atom. The average Bonchev–Trinajstić information content (AvgIpc) is 2.92. The third-order valence-corrected chi connectivity index (χ3v) is 3.56. The van der Waals surface area contributed by atoms with Crippen LogP contribution in [0.2, 0.25) is 0 Å². The Morgan fingerprint density at radius 3 is 2.44 bits per heavy atom. The predicted octanol–water partition coefficient (Wildman–Crippen LogP) is 0.730. The number of carbonyl (C=O) groups is 1. The van der Waals surface area contributed by atoms with E-state index in [0.717, 1.165) is 0 Å². The number of nitrogens with zero attached hydrogens (tertiary/aromatic N) is 1. The lowest BCUT2D eigenvalue weighted by Gasteiger charge is -2.13. The van der Waals surface area contributed by atoms with Gasteiger partial charge in [-0.2, -0.15) is 5.10 Å². The van der Waals surface area contributed by atoms with Crippen molar-refractivity contribution in [2.24, 2.45) is 5.10 Å². The van der Waals surface area contributed by atoms with Crippen LogP contribution in [0.4, 0.5) is 0 Å². The number of hydrazone groups is 1. The van der Waals surface area contributed by atoms with Crippen LogP contribution < -0.4 is 25.2 Å². The van der Waals surface area contributed by atoms with Crippen LogP contribution in [0.1, 0.15) is 16.8 Å². The number of rotatable bonds is 7. The number of benzene rings is 1. The topological polar surface area (TPSA) is 118 Å². The molecule has 0 saturated carbocycles. The van der Waals surface area contributed by atoms with E-state index in [9.17, 15) is 9.59 Å². The summed E-state index contributed by atoms with van der Waals surface area (Å²) in [6.07, 6.45) is 1.35. The zero-order valence-corrected chi connectivity index (χ0v) is 14.4. The first-order valence-corrected chi connectivity index (χ1v) is 7.38. The highest BCUT2D eigenvalue weighted by Gasteiger charge is 2.15. The van der Waals surface area contributed by atoms with Crippen LogP contribution in [0, 0.1) is 6.92 Å². The third-order valence-electron chi connectivity index (χ3n) is 3.56. The van der Waals surface area contributed by atoms with Gasteiger partial charge in [0.05, 0.1) is 34.0 Å². The molecule has 0 aliphatic carbocycles. The molecule has 0 saturated heterocycles. The van der Waals surface area contributed by atoms with E-state index < -0.39 is 5.91 Å². The van der Waals surface area contributed by atoms with E-state index in [1.54, 1.807) is 19.1 Å². The van der Waals surface area contributed by atoms with Crippen molar-refractivity contribution in [3.63, 3.8) is 0 Å². The van der Waals surface area contributed by atoms with E-state index in [0.29, 0.717) is 34.1 Å².